The Hall–Kier alpha value is -3.19. The van der Waals surface area contributed by atoms with Crippen molar-refractivity contribution in [1.29, 1.82) is 0 Å². The second kappa shape index (κ2) is 9.75. The molecule has 0 bridgehead atoms. The molecule has 1 unspecified atom stereocenters. The fourth-order valence-electron chi connectivity index (χ4n) is 3.07. The summed E-state index contributed by atoms with van der Waals surface area (Å²) in [6, 6.07) is 12.5. The van der Waals surface area contributed by atoms with Crippen molar-refractivity contribution in [2.24, 2.45) is 0 Å². The lowest BCUT2D eigenvalue weighted by Crippen LogP contribution is -2.32. The molecule has 1 aromatic carbocycles. The summed E-state index contributed by atoms with van der Waals surface area (Å²) < 4.78 is 1.67. The van der Waals surface area contributed by atoms with E-state index in [1.54, 1.807) is 35.0 Å². The Morgan fingerprint density at radius 2 is 1.90 bits per heavy atom. The van der Waals surface area contributed by atoms with Gasteiger partial charge in [0.15, 0.2) is 5.82 Å². The maximum absolute atomic E-state index is 12.7. The van der Waals surface area contributed by atoms with Crippen molar-refractivity contribution in [2.45, 2.75) is 46.7 Å². The molecule has 2 heterocycles. The number of aryl methyl sites for hydroxylation is 2. The third-order valence-corrected chi connectivity index (χ3v) is 5.21. The third-order valence-electron chi connectivity index (χ3n) is 4.91. The highest BCUT2D eigenvalue weighted by Crippen LogP contribution is 2.18. The van der Waals surface area contributed by atoms with E-state index < -0.39 is 5.91 Å². The number of carbonyl (C=O) groups is 2. The van der Waals surface area contributed by atoms with Crippen LogP contribution in [0.4, 0.5) is 0 Å². The number of nitrogens with zero attached hydrogens (tertiary/aromatic N) is 3. The molecule has 0 radical (unpaired) electrons. The van der Waals surface area contributed by atoms with Crippen molar-refractivity contribution >= 4 is 23.4 Å². The molecule has 3 rings (SSSR count). The molecule has 0 spiro atoms. The van der Waals surface area contributed by atoms with Gasteiger partial charge in [-0.3, -0.25) is 9.59 Å². The number of aromatic nitrogens is 3. The fourth-order valence-corrected chi connectivity index (χ4v) is 3.26. The van der Waals surface area contributed by atoms with Gasteiger partial charge in [0.1, 0.15) is 5.69 Å². The molecule has 0 saturated heterocycles. The molecule has 2 amide bonds. The number of rotatable bonds is 7. The summed E-state index contributed by atoms with van der Waals surface area (Å²) in [5.41, 5.74) is 3.24. The maximum Gasteiger partial charge on any atom is 0.271 e. The van der Waals surface area contributed by atoms with Gasteiger partial charge in [-0.25, -0.2) is 9.67 Å². The number of nitrogens with one attached hydrogen (secondary N) is 2. The Labute approximate surface area is 186 Å². The van der Waals surface area contributed by atoms with Crippen LogP contribution in [0.1, 0.15) is 58.1 Å². The lowest BCUT2D eigenvalue weighted by molar-refractivity contribution is 0.0935. The van der Waals surface area contributed by atoms with Gasteiger partial charge >= 0.3 is 0 Å². The molecular formula is C23H26ClN5O2. The summed E-state index contributed by atoms with van der Waals surface area (Å²) in [5, 5.41) is 10.4. The molecule has 0 aliphatic heterocycles. The van der Waals surface area contributed by atoms with Gasteiger partial charge in [0.2, 0.25) is 0 Å². The second-order valence-electron chi connectivity index (χ2n) is 7.50. The van der Waals surface area contributed by atoms with E-state index in [-0.39, 0.29) is 29.2 Å². The number of pyridine rings is 1. The van der Waals surface area contributed by atoms with Gasteiger partial charge in [0.05, 0.1) is 10.7 Å². The summed E-state index contributed by atoms with van der Waals surface area (Å²) in [7, 11) is 0. The van der Waals surface area contributed by atoms with E-state index in [9.17, 15) is 9.59 Å². The number of hydrogen-bond acceptors (Lipinski definition) is 4. The first-order chi connectivity index (χ1) is 14.8. The van der Waals surface area contributed by atoms with Crippen LogP contribution in [0.25, 0.3) is 5.82 Å². The highest BCUT2D eigenvalue weighted by molar-refractivity contribution is 6.33. The minimum atomic E-state index is -0.400. The zero-order chi connectivity index (χ0) is 22.5. The molecule has 3 aromatic rings. The van der Waals surface area contributed by atoms with E-state index in [0.29, 0.717) is 11.4 Å². The lowest BCUT2D eigenvalue weighted by atomic mass is 10.1. The Kier molecular flexibility index (Phi) is 7.07. The van der Waals surface area contributed by atoms with Crippen LogP contribution in [-0.4, -0.2) is 32.6 Å². The molecule has 0 aliphatic carbocycles. The average molecular weight is 440 g/mol. The predicted octanol–water partition coefficient (Wildman–Crippen LogP) is 4.00. The Morgan fingerprint density at radius 1 is 1.13 bits per heavy atom. The number of benzene rings is 1. The molecule has 1 atom stereocenters. The zero-order valence-electron chi connectivity index (χ0n) is 18.1. The number of halogens is 1. The fraction of sp³-hybridized carbons (Fsp3) is 0.304. The molecule has 31 heavy (non-hydrogen) atoms. The molecule has 2 N–H and O–H groups in total. The minimum Gasteiger partial charge on any atom is -0.350 e. The van der Waals surface area contributed by atoms with E-state index in [1.165, 1.54) is 0 Å². The Morgan fingerprint density at radius 3 is 2.58 bits per heavy atom. The number of carbonyl (C=O) groups excluding carboxylic acids is 2. The number of amides is 2. The van der Waals surface area contributed by atoms with E-state index >= 15 is 0 Å². The Balaban J connectivity index is 1.73. The summed E-state index contributed by atoms with van der Waals surface area (Å²) >= 11 is 6.23. The monoisotopic (exact) mass is 439 g/mol. The normalized spacial score (nSPS) is 11.8. The van der Waals surface area contributed by atoms with Gasteiger partial charge in [-0.15, -0.1) is 0 Å². The van der Waals surface area contributed by atoms with E-state index in [1.807, 2.05) is 39.8 Å². The largest absolute Gasteiger partial charge is 0.350 e. The molecular weight excluding hydrogens is 414 g/mol. The van der Waals surface area contributed by atoms with Crippen LogP contribution in [0, 0.1) is 13.8 Å². The maximum atomic E-state index is 12.7. The number of hydrogen-bond donors (Lipinski definition) is 2. The minimum absolute atomic E-state index is 0.0959. The van der Waals surface area contributed by atoms with Gasteiger partial charge in [0, 0.05) is 23.8 Å². The summed E-state index contributed by atoms with van der Waals surface area (Å²) in [5.74, 6) is -0.0171. The van der Waals surface area contributed by atoms with Gasteiger partial charge < -0.3 is 10.6 Å². The van der Waals surface area contributed by atoms with Crippen LogP contribution in [0.2, 0.25) is 5.02 Å². The highest BCUT2D eigenvalue weighted by atomic mass is 35.5. The van der Waals surface area contributed by atoms with Gasteiger partial charge in [-0.2, -0.15) is 5.10 Å². The van der Waals surface area contributed by atoms with Crippen LogP contribution >= 0.6 is 11.6 Å². The van der Waals surface area contributed by atoms with Crippen molar-refractivity contribution in [3.8, 4) is 5.82 Å². The van der Waals surface area contributed by atoms with E-state index in [4.69, 9.17) is 11.6 Å². The van der Waals surface area contributed by atoms with Crippen LogP contribution in [0.15, 0.2) is 42.5 Å². The molecule has 0 saturated carbocycles. The van der Waals surface area contributed by atoms with Crippen LogP contribution < -0.4 is 10.6 Å². The quantitative estimate of drug-likeness (QED) is 0.582. The van der Waals surface area contributed by atoms with Crippen LogP contribution in [-0.2, 0) is 6.54 Å². The zero-order valence-corrected chi connectivity index (χ0v) is 18.8. The topological polar surface area (TPSA) is 88.9 Å². The van der Waals surface area contributed by atoms with Crippen LogP contribution in [0.5, 0.6) is 0 Å². The molecule has 7 nitrogen and oxygen atoms in total. The molecule has 8 heteroatoms. The Bertz CT molecular complexity index is 1110. The third kappa shape index (κ3) is 5.49. The molecule has 0 aliphatic rings. The predicted molar refractivity (Wildman–Crippen MR) is 121 cm³/mol. The van der Waals surface area contributed by atoms with Crippen molar-refractivity contribution in [3.05, 3.63) is 75.7 Å². The average Bonchev–Trinajstić information content (AvgIpc) is 3.10. The second-order valence-corrected chi connectivity index (χ2v) is 7.91. The lowest BCUT2D eigenvalue weighted by Gasteiger charge is -2.12. The van der Waals surface area contributed by atoms with Crippen molar-refractivity contribution < 1.29 is 9.59 Å². The van der Waals surface area contributed by atoms with E-state index in [2.05, 4.69) is 20.7 Å². The first-order valence-corrected chi connectivity index (χ1v) is 10.5. The molecule has 0 fully saturated rings. The van der Waals surface area contributed by atoms with Gasteiger partial charge in [-0.1, -0.05) is 30.7 Å². The first kappa shape index (κ1) is 22.5. The van der Waals surface area contributed by atoms with Gasteiger partial charge in [-0.05, 0) is 63.1 Å². The van der Waals surface area contributed by atoms with Crippen molar-refractivity contribution in [3.63, 3.8) is 0 Å². The van der Waals surface area contributed by atoms with Crippen molar-refractivity contribution in [1.82, 2.24) is 25.4 Å². The summed E-state index contributed by atoms with van der Waals surface area (Å²) in [6.45, 7) is 8.02. The van der Waals surface area contributed by atoms with E-state index in [0.717, 1.165) is 23.4 Å². The standard InChI is InChI=1S/C23H26ClN5O2/c1-5-14(2)26-22(30)18-8-6-7-17(12-18)13-25-23(31)21-19(24)9-10-20(27-21)29-16(4)11-15(3)28-29/h6-12,14H,5,13H2,1-4H3,(H,25,31)(H,26,30). The highest BCUT2D eigenvalue weighted by Gasteiger charge is 2.16. The van der Waals surface area contributed by atoms with Crippen LogP contribution in [0.3, 0.4) is 0 Å². The first-order valence-electron chi connectivity index (χ1n) is 10.2. The van der Waals surface area contributed by atoms with Gasteiger partial charge in [0.25, 0.3) is 11.8 Å². The summed E-state index contributed by atoms with van der Waals surface area (Å²) in [6.07, 6.45) is 0.853. The molecule has 162 valence electrons. The molecule has 2 aromatic heterocycles. The SMILES string of the molecule is CCC(C)NC(=O)c1cccc(CNC(=O)c2nc(-n3nc(C)cc3C)ccc2Cl)c1. The smallest absolute Gasteiger partial charge is 0.271 e. The summed E-state index contributed by atoms with van der Waals surface area (Å²) in [4.78, 5) is 29.5. The van der Waals surface area contributed by atoms with Crippen molar-refractivity contribution in [2.75, 3.05) is 0 Å².